The maximum absolute atomic E-state index is 13.1. The Labute approximate surface area is 184 Å². The molecule has 0 saturated carbocycles. The number of nitrogens with zero attached hydrogens (tertiary/aromatic N) is 3. The van der Waals surface area contributed by atoms with Gasteiger partial charge >= 0.3 is 0 Å². The molecule has 0 spiro atoms. The van der Waals surface area contributed by atoms with Crippen LogP contribution in [0.25, 0.3) is 0 Å². The Morgan fingerprint density at radius 1 is 1.03 bits per heavy atom. The largest absolute Gasteiger partial charge is 0.343 e. The minimum absolute atomic E-state index is 0.0613. The van der Waals surface area contributed by atoms with Crippen LogP contribution < -0.4 is 0 Å². The highest BCUT2D eigenvalue weighted by Crippen LogP contribution is 2.25. The lowest BCUT2D eigenvalue weighted by atomic mass is 10.1. The summed E-state index contributed by atoms with van der Waals surface area (Å²) in [5, 5.41) is 0. The van der Waals surface area contributed by atoms with Crippen LogP contribution in [-0.4, -0.2) is 60.7 Å². The number of rotatable bonds is 6. The first-order chi connectivity index (χ1) is 14.4. The maximum atomic E-state index is 13.1. The summed E-state index contributed by atoms with van der Waals surface area (Å²) >= 11 is 0. The molecule has 0 bridgehead atoms. The number of aromatic nitrogens is 1. The summed E-state index contributed by atoms with van der Waals surface area (Å²) in [7, 11) is -3.48. The molecule has 8 heteroatoms. The van der Waals surface area contributed by atoms with Crippen molar-refractivity contribution in [2.24, 2.45) is 0 Å². The van der Waals surface area contributed by atoms with Crippen molar-refractivity contribution >= 4 is 15.8 Å². The Morgan fingerprint density at radius 3 is 2.13 bits per heavy atom. The number of Topliss-reactive ketones (excluding diaryl/α,β-unsaturated/α-hetero) is 1. The number of ketones is 1. The summed E-state index contributed by atoms with van der Waals surface area (Å²) in [5.41, 5.74) is 3.23. The normalized spacial score (nSPS) is 16.6. The molecule has 1 aromatic heterocycles. The van der Waals surface area contributed by atoms with Crippen molar-refractivity contribution < 1.29 is 17.6 Å². The van der Waals surface area contributed by atoms with Gasteiger partial charge in [-0.15, -0.1) is 0 Å². The van der Waals surface area contributed by atoms with Gasteiger partial charge in [0.1, 0.15) is 5.82 Å². The molecular formula is C23H32FN3O3S. The van der Waals surface area contributed by atoms with E-state index in [2.05, 4.69) is 25.3 Å². The minimum Gasteiger partial charge on any atom is -0.343 e. The summed E-state index contributed by atoms with van der Waals surface area (Å²) < 4.78 is 42.1. The third-order valence-electron chi connectivity index (χ3n) is 5.76. The van der Waals surface area contributed by atoms with E-state index in [-0.39, 0.29) is 29.4 Å². The average molecular weight is 450 g/mol. The first-order valence-corrected chi connectivity index (χ1v) is 12.2. The number of hydrogen-bond acceptors (Lipinski definition) is 4. The predicted octanol–water partition coefficient (Wildman–Crippen LogP) is 3.33. The van der Waals surface area contributed by atoms with Gasteiger partial charge in [-0.3, -0.25) is 9.69 Å². The van der Waals surface area contributed by atoms with Crippen LogP contribution >= 0.6 is 0 Å². The van der Waals surface area contributed by atoms with E-state index in [1.807, 2.05) is 24.8 Å². The van der Waals surface area contributed by atoms with E-state index in [0.717, 1.165) is 17.0 Å². The quantitative estimate of drug-likeness (QED) is 0.635. The molecule has 6 nitrogen and oxygen atoms in total. The number of piperazine rings is 1. The first kappa shape index (κ1) is 23.6. The zero-order valence-corrected chi connectivity index (χ0v) is 19.8. The van der Waals surface area contributed by atoms with Crippen molar-refractivity contribution in [3.8, 4) is 0 Å². The van der Waals surface area contributed by atoms with E-state index < -0.39 is 10.0 Å². The topological polar surface area (TPSA) is 62.6 Å². The molecular weight excluding hydrogens is 417 g/mol. The molecule has 0 N–H and O–H groups in total. The lowest BCUT2D eigenvalue weighted by Gasteiger charge is -2.33. The van der Waals surface area contributed by atoms with Crippen molar-refractivity contribution in [1.29, 1.82) is 0 Å². The molecule has 0 aliphatic carbocycles. The second-order valence-corrected chi connectivity index (χ2v) is 11.2. The van der Waals surface area contributed by atoms with Gasteiger partial charge in [0.15, 0.2) is 5.78 Å². The van der Waals surface area contributed by atoms with Gasteiger partial charge in [0, 0.05) is 48.7 Å². The number of carbonyl (C=O) groups excluding carboxylic acids is 1. The van der Waals surface area contributed by atoms with Gasteiger partial charge < -0.3 is 4.57 Å². The Bertz CT molecular complexity index is 1040. The third kappa shape index (κ3) is 5.42. The fourth-order valence-corrected chi connectivity index (χ4v) is 5.93. The molecule has 1 aliphatic rings. The Balaban J connectivity index is 1.60. The predicted molar refractivity (Wildman–Crippen MR) is 120 cm³/mol. The van der Waals surface area contributed by atoms with Crippen molar-refractivity contribution in [2.45, 2.75) is 45.9 Å². The van der Waals surface area contributed by atoms with Gasteiger partial charge in [-0.25, -0.2) is 12.8 Å². The highest BCUT2D eigenvalue weighted by molar-refractivity contribution is 7.88. The Morgan fingerprint density at radius 2 is 1.61 bits per heavy atom. The van der Waals surface area contributed by atoms with Crippen LogP contribution in [-0.2, 0) is 21.3 Å². The van der Waals surface area contributed by atoms with E-state index in [1.54, 1.807) is 0 Å². The Hall–Kier alpha value is -2.03. The summed E-state index contributed by atoms with van der Waals surface area (Å²) in [4.78, 5) is 15.0. The number of sulfonamides is 1. The van der Waals surface area contributed by atoms with E-state index in [9.17, 15) is 17.6 Å². The number of hydrogen-bond donors (Lipinski definition) is 0. The summed E-state index contributed by atoms with van der Waals surface area (Å²) in [6.07, 6.45) is 0. The smallest absolute Gasteiger partial charge is 0.218 e. The first-order valence-electron chi connectivity index (χ1n) is 10.6. The lowest BCUT2D eigenvalue weighted by molar-refractivity contribution is 0.0901. The van der Waals surface area contributed by atoms with Gasteiger partial charge in [0.05, 0.1) is 12.3 Å². The SMILES string of the molecule is Cc1cc(C(=O)CN2CCN(S(=O)(=O)Cc3ccc(F)cc3)CC2)c(C)n1C(C)(C)C. The molecule has 3 rings (SSSR count). The molecule has 170 valence electrons. The molecule has 0 radical (unpaired) electrons. The Kier molecular flexibility index (Phi) is 6.74. The van der Waals surface area contributed by atoms with Gasteiger partial charge in [0.2, 0.25) is 10.0 Å². The van der Waals surface area contributed by atoms with Gasteiger partial charge in [0.25, 0.3) is 0 Å². The molecule has 2 aromatic rings. The van der Waals surface area contributed by atoms with Gasteiger partial charge in [-0.05, 0) is 58.4 Å². The van der Waals surface area contributed by atoms with Gasteiger partial charge in [-0.1, -0.05) is 12.1 Å². The van der Waals surface area contributed by atoms with Crippen LogP contribution in [0.15, 0.2) is 30.3 Å². The average Bonchev–Trinajstić information content (AvgIpc) is 2.98. The van der Waals surface area contributed by atoms with E-state index in [4.69, 9.17) is 0 Å². The van der Waals surface area contributed by atoms with Crippen molar-refractivity contribution in [3.05, 3.63) is 58.7 Å². The molecule has 2 heterocycles. The van der Waals surface area contributed by atoms with Crippen LogP contribution in [0.2, 0.25) is 0 Å². The van der Waals surface area contributed by atoms with Crippen LogP contribution in [0.4, 0.5) is 4.39 Å². The molecule has 0 unspecified atom stereocenters. The van der Waals surface area contributed by atoms with E-state index in [0.29, 0.717) is 31.7 Å². The van der Waals surface area contributed by atoms with E-state index >= 15 is 0 Å². The van der Waals surface area contributed by atoms with Gasteiger partial charge in [-0.2, -0.15) is 4.31 Å². The second kappa shape index (κ2) is 8.84. The fraction of sp³-hybridized carbons (Fsp3) is 0.522. The van der Waals surface area contributed by atoms with Crippen molar-refractivity contribution in [1.82, 2.24) is 13.8 Å². The van der Waals surface area contributed by atoms with E-state index in [1.165, 1.54) is 28.6 Å². The van der Waals surface area contributed by atoms with Crippen LogP contribution in [0.3, 0.4) is 0 Å². The zero-order chi connectivity index (χ0) is 23.0. The standard InChI is InChI=1S/C23H32FN3O3S/c1-17-14-21(18(2)27(17)23(3,4)5)22(28)15-25-10-12-26(13-11-25)31(29,30)16-19-6-8-20(24)9-7-19/h6-9,14H,10-13,15-16H2,1-5H3. The number of benzene rings is 1. The highest BCUT2D eigenvalue weighted by atomic mass is 32.2. The van der Waals surface area contributed by atoms with Crippen molar-refractivity contribution in [3.63, 3.8) is 0 Å². The molecule has 0 atom stereocenters. The molecule has 1 aliphatic heterocycles. The molecule has 31 heavy (non-hydrogen) atoms. The monoisotopic (exact) mass is 449 g/mol. The number of carbonyl (C=O) groups is 1. The molecule has 1 saturated heterocycles. The summed E-state index contributed by atoms with van der Waals surface area (Å²) in [6.45, 7) is 12.3. The van der Waals surface area contributed by atoms with Crippen LogP contribution in [0, 0.1) is 19.7 Å². The molecule has 1 fully saturated rings. The lowest BCUT2D eigenvalue weighted by Crippen LogP contribution is -2.50. The zero-order valence-electron chi connectivity index (χ0n) is 19.0. The maximum Gasteiger partial charge on any atom is 0.218 e. The van der Waals surface area contributed by atoms with Crippen LogP contribution in [0.1, 0.15) is 48.1 Å². The highest BCUT2D eigenvalue weighted by Gasteiger charge is 2.29. The molecule has 1 aromatic carbocycles. The van der Waals surface area contributed by atoms with Crippen molar-refractivity contribution in [2.75, 3.05) is 32.7 Å². The number of halogens is 1. The van der Waals surface area contributed by atoms with Crippen LogP contribution in [0.5, 0.6) is 0 Å². The minimum atomic E-state index is -3.48. The molecule has 0 amide bonds. The summed E-state index contributed by atoms with van der Waals surface area (Å²) in [6, 6.07) is 7.48. The summed E-state index contributed by atoms with van der Waals surface area (Å²) in [5.74, 6) is -0.473. The second-order valence-electron chi connectivity index (χ2n) is 9.27. The third-order valence-corrected chi connectivity index (χ3v) is 7.61. The number of aryl methyl sites for hydroxylation is 1. The fourth-order valence-electron chi connectivity index (χ4n) is 4.41.